The van der Waals surface area contributed by atoms with Gasteiger partial charge < -0.3 is 0 Å². The Balaban J connectivity index is 3.06. The summed E-state index contributed by atoms with van der Waals surface area (Å²) in [7, 11) is 0. The van der Waals surface area contributed by atoms with Crippen molar-refractivity contribution in [1.29, 1.82) is 0 Å². The summed E-state index contributed by atoms with van der Waals surface area (Å²) < 4.78 is 12.3. The van der Waals surface area contributed by atoms with Crippen molar-refractivity contribution in [3.05, 3.63) is 45.4 Å². The highest BCUT2D eigenvalue weighted by atomic mass is 19.1. The van der Waals surface area contributed by atoms with Crippen molar-refractivity contribution in [2.45, 2.75) is 13.8 Å². The van der Waals surface area contributed by atoms with Crippen LogP contribution in [-0.2, 0) is 0 Å². The molecule has 0 atom stereocenters. The fraction of sp³-hybridized carbons (Fsp3) is 0.300. The van der Waals surface area contributed by atoms with Crippen molar-refractivity contribution in [3.63, 3.8) is 0 Å². The molecule has 0 aliphatic rings. The molecule has 0 aliphatic carbocycles. The maximum atomic E-state index is 12.3. The van der Waals surface area contributed by atoms with Crippen molar-refractivity contribution in [1.82, 2.24) is 0 Å². The van der Waals surface area contributed by atoms with Gasteiger partial charge in [0.1, 0.15) is 0 Å². The first-order chi connectivity index (χ1) is 6.56. The van der Waals surface area contributed by atoms with E-state index in [9.17, 15) is 14.5 Å². The number of hydrogen-bond donors (Lipinski definition) is 0. The second-order valence-corrected chi connectivity index (χ2v) is 3.17. The van der Waals surface area contributed by atoms with E-state index < -0.39 is 11.6 Å². The first-order valence-corrected chi connectivity index (χ1v) is 4.20. The van der Waals surface area contributed by atoms with Crippen molar-refractivity contribution in [3.8, 4) is 0 Å². The zero-order valence-electron chi connectivity index (χ0n) is 8.08. The molecule has 0 saturated carbocycles. The van der Waals surface area contributed by atoms with Crippen LogP contribution in [0.25, 0.3) is 0 Å². The Morgan fingerprint density at radius 2 is 2.21 bits per heavy atom. The molecule has 75 valence electrons. The molecule has 1 radical (unpaired) electrons. The van der Waals surface area contributed by atoms with Crippen molar-refractivity contribution < 1.29 is 9.31 Å². The number of benzene rings is 1. The van der Waals surface area contributed by atoms with Crippen LogP contribution in [0.5, 0.6) is 0 Å². The fourth-order valence-corrected chi connectivity index (χ4v) is 1.20. The highest BCUT2D eigenvalue weighted by Gasteiger charge is 2.13. The van der Waals surface area contributed by atoms with E-state index in [0.29, 0.717) is 11.5 Å². The monoisotopic (exact) mass is 196 g/mol. The second-order valence-electron chi connectivity index (χ2n) is 3.17. The summed E-state index contributed by atoms with van der Waals surface area (Å²) in [5.74, 6) is 0.586. The Kier molecular flexibility index (Phi) is 3.17. The highest BCUT2D eigenvalue weighted by Crippen LogP contribution is 2.23. The van der Waals surface area contributed by atoms with Crippen LogP contribution in [0.2, 0.25) is 0 Å². The first-order valence-electron chi connectivity index (χ1n) is 4.20. The second kappa shape index (κ2) is 4.17. The van der Waals surface area contributed by atoms with Crippen LogP contribution in [0.3, 0.4) is 0 Å². The number of nitro groups is 1. The maximum absolute atomic E-state index is 12.3. The fourth-order valence-electron chi connectivity index (χ4n) is 1.20. The third-order valence-electron chi connectivity index (χ3n) is 2.09. The van der Waals surface area contributed by atoms with Crippen LogP contribution in [0.1, 0.15) is 18.1 Å². The minimum absolute atomic E-state index is 0.0698. The molecule has 0 bridgehead atoms. The van der Waals surface area contributed by atoms with E-state index in [2.05, 4.69) is 0 Å². The third kappa shape index (κ3) is 2.07. The quantitative estimate of drug-likeness (QED) is 0.551. The summed E-state index contributed by atoms with van der Waals surface area (Å²) in [6.07, 6.45) is 0. The predicted molar refractivity (Wildman–Crippen MR) is 51.8 cm³/mol. The Morgan fingerprint density at radius 1 is 1.57 bits per heavy atom. The van der Waals surface area contributed by atoms with E-state index in [1.54, 1.807) is 26.0 Å². The van der Waals surface area contributed by atoms with Gasteiger partial charge >= 0.3 is 0 Å². The van der Waals surface area contributed by atoms with Gasteiger partial charge in [-0.15, -0.1) is 0 Å². The molecule has 0 unspecified atom stereocenters. The van der Waals surface area contributed by atoms with Gasteiger partial charge in [0.25, 0.3) is 5.69 Å². The van der Waals surface area contributed by atoms with Crippen LogP contribution in [0, 0.1) is 23.0 Å². The van der Waals surface area contributed by atoms with Gasteiger partial charge in [-0.2, -0.15) is 0 Å². The van der Waals surface area contributed by atoms with Crippen LogP contribution in [-0.4, -0.2) is 11.6 Å². The summed E-state index contributed by atoms with van der Waals surface area (Å²) in [5.41, 5.74) is 1.34. The Bertz CT molecular complexity index is 352. The van der Waals surface area contributed by atoms with Gasteiger partial charge in [0, 0.05) is 17.5 Å². The molecule has 4 heteroatoms. The SMILES string of the molecule is C[C](CF)c1ccc([N+](=O)[O-])c(C)c1. The van der Waals surface area contributed by atoms with E-state index >= 15 is 0 Å². The lowest BCUT2D eigenvalue weighted by molar-refractivity contribution is -0.385. The molecular weight excluding hydrogens is 185 g/mol. The third-order valence-corrected chi connectivity index (χ3v) is 2.09. The average molecular weight is 196 g/mol. The molecule has 1 aromatic rings. The maximum Gasteiger partial charge on any atom is 0.272 e. The molecule has 0 fully saturated rings. The van der Waals surface area contributed by atoms with Crippen LogP contribution < -0.4 is 0 Å². The Morgan fingerprint density at radius 3 is 2.64 bits per heavy atom. The van der Waals surface area contributed by atoms with E-state index in [1.807, 2.05) is 0 Å². The van der Waals surface area contributed by atoms with Crippen molar-refractivity contribution in [2.75, 3.05) is 6.67 Å². The van der Waals surface area contributed by atoms with Crippen molar-refractivity contribution in [2.24, 2.45) is 0 Å². The zero-order valence-corrected chi connectivity index (χ0v) is 8.08. The summed E-state index contributed by atoms with van der Waals surface area (Å²) in [5, 5.41) is 10.5. The molecule has 0 heterocycles. The van der Waals surface area contributed by atoms with E-state index in [1.165, 1.54) is 6.07 Å². The molecule has 0 aliphatic heterocycles. The molecule has 3 nitrogen and oxygen atoms in total. The number of nitrogens with zero attached hydrogens (tertiary/aromatic N) is 1. The molecule has 0 aromatic heterocycles. The van der Waals surface area contributed by atoms with E-state index in [-0.39, 0.29) is 5.69 Å². The van der Waals surface area contributed by atoms with Crippen LogP contribution in [0.15, 0.2) is 18.2 Å². The lowest BCUT2D eigenvalue weighted by Crippen LogP contribution is -1.99. The lowest BCUT2D eigenvalue weighted by Gasteiger charge is -2.07. The topological polar surface area (TPSA) is 43.1 Å². The van der Waals surface area contributed by atoms with Gasteiger partial charge in [0.05, 0.1) is 11.6 Å². The standard InChI is InChI=1S/C10H11FNO2/c1-7-5-9(8(2)6-11)3-4-10(7)12(13)14/h3-5H,6H2,1-2H3. The minimum Gasteiger partial charge on any atom is -0.258 e. The molecule has 1 rings (SSSR count). The van der Waals surface area contributed by atoms with E-state index in [0.717, 1.165) is 5.56 Å². The van der Waals surface area contributed by atoms with Crippen molar-refractivity contribution >= 4 is 5.69 Å². The predicted octanol–water partition coefficient (Wildman–Crippen LogP) is 2.82. The smallest absolute Gasteiger partial charge is 0.258 e. The molecule has 0 N–H and O–H groups in total. The minimum atomic E-state index is -0.531. The lowest BCUT2D eigenvalue weighted by atomic mass is 10.00. The summed E-state index contributed by atoms with van der Waals surface area (Å²) in [6.45, 7) is 2.78. The molecule has 0 spiro atoms. The zero-order chi connectivity index (χ0) is 10.7. The summed E-state index contributed by atoms with van der Waals surface area (Å²) >= 11 is 0. The van der Waals surface area contributed by atoms with Gasteiger partial charge in [0.15, 0.2) is 0 Å². The van der Waals surface area contributed by atoms with Crippen LogP contribution in [0.4, 0.5) is 10.1 Å². The highest BCUT2D eigenvalue weighted by molar-refractivity contribution is 5.45. The summed E-state index contributed by atoms with van der Waals surface area (Å²) in [4.78, 5) is 10.1. The number of halogens is 1. The first kappa shape index (κ1) is 10.6. The number of nitro benzene ring substituents is 1. The Hall–Kier alpha value is -1.45. The normalized spacial score (nSPS) is 10.6. The summed E-state index contributed by atoms with van der Waals surface area (Å²) in [6, 6.07) is 4.61. The largest absolute Gasteiger partial charge is 0.272 e. The van der Waals surface area contributed by atoms with Crippen LogP contribution >= 0.6 is 0 Å². The molecule has 1 aromatic carbocycles. The molecule has 0 amide bonds. The number of rotatable bonds is 3. The van der Waals surface area contributed by atoms with Gasteiger partial charge in [-0.25, -0.2) is 0 Å². The van der Waals surface area contributed by atoms with Gasteiger partial charge in [-0.05, 0) is 18.6 Å². The molecular formula is C10H11FNO2. The molecule has 14 heavy (non-hydrogen) atoms. The average Bonchev–Trinajstić information content (AvgIpc) is 2.15. The van der Waals surface area contributed by atoms with Gasteiger partial charge in [0.2, 0.25) is 0 Å². The number of aryl methyl sites for hydroxylation is 1. The van der Waals surface area contributed by atoms with Gasteiger partial charge in [-0.1, -0.05) is 13.0 Å². The molecule has 0 saturated heterocycles. The van der Waals surface area contributed by atoms with E-state index in [4.69, 9.17) is 0 Å². The Labute approximate surface area is 81.7 Å². The number of alkyl halides is 1. The van der Waals surface area contributed by atoms with Gasteiger partial charge in [-0.3, -0.25) is 14.5 Å². The number of hydrogen-bond acceptors (Lipinski definition) is 2.